The van der Waals surface area contributed by atoms with E-state index in [2.05, 4.69) is 10.1 Å². The number of hydrogen-bond donors (Lipinski definition) is 1. The number of ether oxygens (including phenoxy) is 1. The second-order valence-corrected chi connectivity index (χ2v) is 6.51. The number of nitrogens with two attached hydrogens (primary N) is 1. The van der Waals surface area contributed by atoms with Crippen LogP contribution < -0.4 is 10.5 Å². The summed E-state index contributed by atoms with van der Waals surface area (Å²) in [6, 6.07) is 8.13. The van der Waals surface area contributed by atoms with Gasteiger partial charge in [-0.1, -0.05) is 17.3 Å². The minimum absolute atomic E-state index is 0.188. The summed E-state index contributed by atoms with van der Waals surface area (Å²) in [6.07, 6.45) is 4.40. The maximum absolute atomic E-state index is 6.35. The Hall–Kier alpha value is -1.88. The minimum atomic E-state index is 0.188. The predicted octanol–water partition coefficient (Wildman–Crippen LogP) is 2.51. The van der Waals surface area contributed by atoms with Gasteiger partial charge in [0, 0.05) is 12.5 Å². The predicted molar refractivity (Wildman–Crippen MR) is 81.6 cm³/mol. The number of fused-ring (bicyclic) bond motifs is 2. The Balaban J connectivity index is 1.49. The zero-order chi connectivity index (χ0) is 15.1. The standard InChI is InChI=1S/C17H21N3O2/c1-21-13-6-2-10(3-7-13)8-14-19-17(22-20-14)15-11-4-5-12(9-11)16(15)18/h2-3,6-7,11-12,15-16H,4-5,8-9,18H2,1H3. The fraction of sp³-hybridized carbons (Fsp3) is 0.529. The van der Waals surface area contributed by atoms with E-state index in [0.717, 1.165) is 23.0 Å². The minimum Gasteiger partial charge on any atom is -0.497 e. The molecule has 4 atom stereocenters. The molecule has 2 aliphatic carbocycles. The lowest BCUT2D eigenvalue weighted by Crippen LogP contribution is -2.34. The van der Waals surface area contributed by atoms with Gasteiger partial charge in [0.2, 0.25) is 5.89 Å². The topological polar surface area (TPSA) is 74.2 Å². The van der Waals surface area contributed by atoms with Gasteiger partial charge in [0.15, 0.2) is 5.82 Å². The smallest absolute Gasteiger partial charge is 0.231 e. The van der Waals surface area contributed by atoms with Crippen molar-refractivity contribution in [3.8, 4) is 5.75 Å². The van der Waals surface area contributed by atoms with Gasteiger partial charge >= 0.3 is 0 Å². The van der Waals surface area contributed by atoms with Crippen LogP contribution in [0.15, 0.2) is 28.8 Å². The Morgan fingerprint density at radius 2 is 2.00 bits per heavy atom. The molecule has 0 radical (unpaired) electrons. The van der Waals surface area contributed by atoms with Crippen molar-refractivity contribution in [3.63, 3.8) is 0 Å². The fourth-order valence-corrected chi connectivity index (χ4v) is 4.10. The van der Waals surface area contributed by atoms with E-state index >= 15 is 0 Å². The summed E-state index contributed by atoms with van der Waals surface area (Å²) in [5.41, 5.74) is 7.49. The molecule has 1 aromatic heterocycles. The van der Waals surface area contributed by atoms with E-state index in [9.17, 15) is 0 Å². The van der Waals surface area contributed by atoms with Crippen LogP contribution in [0.1, 0.15) is 42.5 Å². The van der Waals surface area contributed by atoms with Gasteiger partial charge in [-0.05, 0) is 48.8 Å². The van der Waals surface area contributed by atoms with E-state index in [1.54, 1.807) is 7.11 Å². The Morgan fingerprint density at radius 1 is 1.23 bits per heavy atom. The van der Waals surface area contributed by atoms with Crippen LogP contribution in [-0.4, -0.2) is 23.3 Å². The third-order valence-electron chi connectivity index (χ3n) is 5.27. The van der Waals surface area contributed by atoms with E-state index in [1.807, 2.05) is 24.3 Å². The lowest BCUT2D eigenvalue weighted by Gasteiger charge is -2.24. The first-order chi connectivity index (χ1) is 10.7. The normalized spacial score (nSPS) is 29.9. The first-order valence-electron chi connectivity index (χ1n) is 7.95. The number of aromatic nitrogens is 2. The molecule has 116 valence electrons. The van der Waals surface area contributed by atoms with Crippen LogP contribution in [0.25, 0.3) is 0 Å². The molecule has 0 saturated heterocycles. The second kappa shape index (κ2) is 5.39. The van der Waals surface area contributed by atoms with Crippen LogP contribution in [0.5, 0.6) is 5.75 Å². The second-order valence-electron chi connectivity index (χ2n) is 6.51. The highest BCUT2D eigenvalue weighted by Gasteiger charge is 2.48. The molecule has 22 heavy (non-hydrogen) atoms. The SMILES string of the molecule is COc1ccc(Cc2noc(C3C4CCC(C4)C3N)n2)cc1. The molecule has 2 N–H and O–H groups in total. The van der Waals surface area contributed by atoms with Gasteiger partial charge in [0.05, 0.1) is 13.0 Å². The molecule has 2 aliphatic rings. The van der Waals surface area contributed by atoms with Crippen molar-refractivity contribution in [1.29, 1.82) is 0 Å². The zero-order valence-electron chi connectivity index (χ0n) is 12.7. The number of nitrogens with zero attached hydrogens (tertiary/aromatic N) is 2. The highest BCUT2D eigenvalue weighted by molar-refractivity contribution is 5.28. The van der Waals surface area contributed by atoms with E-state index in [-0.39, 0.29) is 12.0 Å². The number of hydrogen-bond acceptors (Lipinski definition) is 5. The van der Waals surface area contributed by atoms with E-state index < -0.39 is 0 Å². The number of benzene rings is 1. The Labute approximate surface area is 129 Å². The van der Waals surface area contributed by atoms with Crippen molar-refractivity contribution in [1.82, 2.24) is 10.1 Å². The number of rotatable bonds is 4. The lowest BCUT2D eigenvalue weighted by atomic mass is 9.85. The maximum atomic E-state index is 6.35. The largest absolute Gasteiger partial charge is 0.497 e. The van der Waals surface area contributed by atoms with Gasteiger partial charge in [-0.25, -0.2) is 0 Å². The van der Waals surface area contributed by atoms with Crippen molar-refractivity contribution in [2.75, 3.05) is 7.11 Å². The molecule has 0 aliphatic heterocycles. The van der Waals surface area contributed by atoms with E-state index in [0.29, 0.717) is 18.3 Å². The molecular formula is C17H21N3O2. The molecule has 1 heterocycles. The van der Waals surface area contributed by atoms with Gasteiger partial charge < -0.3 is 15.0 Å². The van der Waals surface area contributed by atoms with Crippen molar-refractivity contribution >= 4 is 0 Å². The fourth-order valence-electron chi connectivity index (χ4n) is 4.10. The summed E-state index contributed by atoms with van der Waals surface area (Å²) >= 11 is 0. The third kappa shape index (κ3) is 2.29. The zero-order valence-corrected chi connectivity index (χ0v) is 12.7. The van der Waals surface area contributed by atoms with Crippen LogP contribution in [-0.2, 0) is 6.42 Å². The molecule has 0 spiro atoms. The average molecular weight is 299 g/mol. The molecule has 4 rings (SSSR count). The van der Waals surface area contributed by atoms with Crippen LogP contribution in [0.4, 0.5) is 0 Å². The Kier molecular flexibility index (Phi) is 3.37. The van der Waals surface area contributed by atoms with E-state index in [4.69, 9.17) is 15.0 Å². The summed E-state index contributed by atoms with van der Waals surface area (Å²) in [6.45, 7) is 0. The quantitative estimate of drug-likeness (QED) is 0.939. The summed E-state index contributed by atoms with van der Waals surface area (Å²) in [5, 5.41) is 4.14. The van der Waals surface area contributed by atoms with Gasteiger partial charge in [0.1, 0.15) is 5.75 Å². The monoisotopic (exact) mass is 299 g/mol. The molecule has 5 heteroatoms. The van der Waals surface area contributed by atoms with Crippen molar-refractivity contribution in [3.05, 3.63) is 41.5 Å². The van der Waals surface area contributed by atoms with Crippen LogP contribution in [0.2, 0.25) is 0 Å². The van der Waals surface area contributed by atoms with Crippen LogP contribution in [0, 0.1) is 11.8 Å². The number of methoxy groups -OCH3 is 1. The molecule has 0 amide bonds. The average Bonchev–Trinajstić information content (AvgIpc) is 3.24. The van der Waals surface area contributed by atoms with Gasteiger partial charge in [-0.2, -0.15) is 4.98 Å². The van der Waals surface area contributed by atoms with Gasteiger partial charge in [-0.15, -0.1) is 0 Å². The Morgan fingerprint density at radius 3 is 2.68 bits per heavy atom. The Bertz CT molecular complexity index is 650. The summed E-state index contributed by atoms with van der Waals surface area (Å²) in [5.74, 6) is 3.86. The molecule has 2 aromatic rings. The van der Waals surface area contributed by atoms with Gasteiger partial charge in [0.25, 0.3) is 0 Å². The first kappa shape index (κ1) is 13.8. The van der Waals surface area contributed by atoms with Crippen molar-refractivity contribution < 1.29 is 9.26 Å². The molecule has 5 nitrogen and oxygen atoms in total. The van der Waals surface area contributed by atoms with Crippen molar-refractivity contribution in [2.24, 2.45) is 17.6 Å². The van der Waals surface area contributed by atoms with Crippen LogP contribution >= 0.6 is 0 Å². The highest BCUT2D eigenvalue weighted by atomic mass is 16.5. The molecule has 1 aromatic carbocycles. The van der Waals surface area contributed by atoms with Gasteiger partial charge in [-0.3, -0.25) is 0 Å². The van der Waals surface area contributed by atoms with Crippen LogP contribution in [0.3, 0.4) is 0 Å². The summed E-state index contributed by atoms with van der Waals surface area (Å²) in [4.78, 5) is 4.61. The highest BCUT2D eigenvalue weighted by Crippen LogP contribution is 2.51. The summed E-state index contributed by atoms with van der Waals surface area (Å²) < 4.78 is 10.7. The van der Waals surface area contributed by atoms with E-state index in [1.165, 1.54) is 19.3 Å². The molecule has 2 saturated carbocycles. The summed E-state index contributed by atoms with van der Waals surface area (Å²) in [7, 11) is 1.67. The molecule has 2 bridgehead atoms. The maximum Gasteiger partial charge on any atom is 0.231 e. The first-order valence-corrected chi connectivity index (χ1v) is 7.95. The lowest BCUT2D eigenvalue weighted by molar-refractivity contribution is 0.278. The molecular weight excluding hydrogens is 278 g/mol. The van der Waals surface area contributed by atoms with Crippen molar-refractivity contribution in [2.45, 2.75) is 37.6 Å². The third-order valence-corrected chi connectivity index (χ3v) is 5.27. The molecule has 2 fully saturated rings. The molecule has 4 unspecified atom stereocenters.